The first-order chi connectivity index (χ1) is 18.8. The number of anilines is 2. The molecule has 1 N–H and O–H groups in total. The highest BCUT2D eigenvalue weighted by Crippen LogP contribution is 2.34. The number of rotatable bonds is 6. The molecule has 0 bridgehead atoms. The van der Waals surface area contributed by atoms with Crippen molar-refractivity contribution in [2.24, 2.45) is 5.92 Å². The first kappa shape index (κ1) is 25.3. The summed E-state index contributed by atoms with van der Waals surface area (Å²) in [5, 5.41) is 2.21. The van der Waals surface area contributed by atoms with Crippen molar-refractivity contribution in [2.75, 3.05) is 36.0 Å². The van der Waals surface area contributed by atoms with Crippen LogP contribution in [0.2, 0.25) is 0 Å². The van der Waals surface area contributed by atoms with E-state index in [-0.39, 0.29) is 30.0 Å². The molecule has 2 aromatic rings. The number of fused-ring (bicyclic) bond motifs is 1. The van der Waals surface area contributed by atoms with E-state index in [0.717, 1.165) is 40.3 Å². The van der Waals surface area contributed by atoms with E-state index >= 15 is 0 Å². The Kier molecular flexibility index (Phi) is 6.46. The number of imide groups is 2. The Bertz CT molecular complexity index is 1440. The van der Waals surface area contributed by atoms with Crippen molar-refractivity contribution >= 4 is 57.0 Å². The zero-order chi connectivity index (χ0) is 27.3. The molecule has 11 heteroatoms. The van der Waals surface area contributed by atoms with Crippen molar-refractivity contribution in [3.05, 3.63) is 70.3 Å². The van der Waals surface area contributed by atoms with Crippen LogP contribution in [0, 0.1) is 5.92 Å². The average Bonchev–Trinajstić information content (AvgIpc) is 3.13. The molecule has 10 nitrogen and oxygen atoms in total. The van der Waals surface area contributed by atoms with Crippen LogP contribution >= 0.6 is 15.9 Å². The first-order valence-corrected chi connectivity index (χ1v) is 13.7. The Labute approximate surface area is 233 Å². The van der Waals surface area contributed by atoms with Gasteiger partial charge in [-0.25, -0.2) is 4.79 Å². The predicted molar refractivity (Wildman–Crippen MR) is 146 cm³/mol. The number of hydrogen-bond donors (Lipinski definition) is 1. The molecule has 1 unspecified atom stereocenters. The Hall–Kier alpha value is -3.99. The number of nitrogens with zero attached hydrogens (tertiary/aromatic N) is 4. The second kappa shape index (κ2) is 9.96. The molecule has 0 spiro atoms. The molecule has 39 heavy (non-hydrogen) atoms. The molecule has 0 aromatic heterocycles. The van der Waals surface area contributed by atoms with Crippen LogP contribution < -0.4 is 15.1 Å². The van der Waals surface area contributed by atoms with Gasteiger partial charge in [-0.05, 0) is 61.2 Å². The SMILES string of the molecule is O=C1CCC(N2C(=O)c3ccc(N4CC(CCN5C=CCN(c6cccc(Br)c6)C5=O)C4)cc3C2=O)C(=O)N1. The van der Waals surface area contributed by atoms with Crippen molar-refractivity contribution in [3.8, 4) is 0 Å². The molecule has 6 rings (SSSR count). The maximum Gasteiger partial charge on any atom is 0.328 e. The lowest BCUT2D eigenvalue weighted by Gasteiger charge is -2.42. The van der Waals surface area contributed by atoms with Crippen LogP contribution in [0.4, 0.5) is 16.2 Å². The summed E-state index contributed by atoms with van der Waals surface area (Å²) in [6, 6.07) is 11.8. The molecule has 0 radical (unpaired) electrons. The number of carbonyl (C=O) groups is 5. The third-order valence-corrected chi connectivity index (χ3v) is 8.19. The Balaban J connectivity index is 1.05. The Morgan fingerprint density at radius 2 is 1.72 bits per heavy atom. The summed E-state index contributed by atoms with van der Waals surface area (Å²) in [5.74, 6) is -1.64. The van der Waals surface area contributed by atoms with Crippen LogP contribution in [0.3, 0.4) is 0 Å². The van der Waals surface area contributed by atoms with E-state index in [0.29, 0.717) is 19.0 Å². The fourth-order valence-corrected chi connectivity index (χ4v) is 5.93. The summed E-state index contributed by atoms with van der Waals surface area (Å²) in [7, 11) is 0. The van der Waals surface area contributed by atoms with Gasteiger partial charge in [-0.1, -0.05) is 22.0 Å². The maximum atomic E-state index is 13.1. The highest BCUT2D eigenvalue weighted by atomic mass is 79.9. The molecular formula is C28H26BrN5O5. The minimum atomic E-state index is -0.974. The predicted octanol–water partition coefficient (Wildman–Crippen LogP) is 3.13. The normalized spacial score (nSPS) is 21.5. The molecule has 4 aliphatic heterocycles. The fourth-order valence-electron chi connectivity index (χ4n) is 5.55. The quantitative estimate of drug-likeness (QED) is 0.517. The van der Waals surface area contributed by atoms with Gasteiger partial charge in [-0.2, -0.15) is 0 Å². The molecule has 200 valence electrons. The van der Waals surface area contributed by atoms with Gasteiger partial charge in [0.25, 0.3) is 11.8 Å². The molecule has 2 fully saturated rings. The second-order valence-electron chi connectivity index (χ2n) is 10.2. The van der Waals surface area contributed by atoms with Gasteiger partial charge in [-0.15, -0.1) is 0 Å². The number of urea groups is 1. The number of carbonyl (C=O) groups excluding carboxylic acids is 5. The lowest BCUT2D eigenvalue weighted by atomic mass is 9.94. The van der Waals surface area contributed by atoms with Gasteiger partial charge in [0.15, 0.2) is 0 Å². The zero-order valence-electron chi connectivity index (χ0n) is 21.0. The summed E-state index contributed by atoms with van der Waals surface area (Å²) in [4.78, 5) is 69.5. The summed E-state index contributed by atoms with van der Waals surface area (Å²) >= 11 is 3.46. The largest absolute Gasteiger partial charge is 0.371 e. The van der Waals surface area contributed by atoms with Gasteiger partial charge in [0.1, 0.15) is 6.04 Å². The number of halogens is 1. The van der Waals surface area contributed by atoms with E-state index in [4.69, 9.17) is 0 Å². The lowest BCUT2D eigenvalue weighted by molar-refractivity contribution is -0.136. The van der Waals surface area contributed by atoms with E-state index in [9.17, 15) is 24.0 Å². The topological polar surface area (TPSA) is 110 Å². The van der Waals surface area contributed by atoms with Crippen molar-refractivity contribution in [1.82, 2.24) is 15.1 Å². The molecule has 2 saturated heterocycles. The van der Waals surface area contributed by atoms with Crippen LogP contribution in [0.25, 0.3) is 0 Å². The smallest absolute Gasteiger partial charge is 0.328 e. The van der Waals surface area contributed by atoms with Crippen LogP contribution in [-0.2, 0) is 9.59 Å². The highest BCUT2D eigenvalue weighted by molar-refractivity contribution is 9.10. The van der Waals surface area contributed by atoms with E-state index in [1.807, 2.05) is 42.6 Å². The average molecular weight is 592 g/mol. The van der Waals surface area contributed by atoms with Crippen molar-refractivity contribution < 1.29 is 24.0 Å². The number of nitrogens with one attached hydrogen (secondary N) is 1. The third-order valence-electron chi connectivity index (χ3n) is 7.69. The van der Waals surface area contributed by atoms with E-state index < -0.39 is 29.7 Å². The fraction of sp³-hybridized carbons (Fsp3) is 0.321. The van der Waals surface area contributed by atoms with Crippen molar-refractivity contribution in [1.29, 1.82) is 0 Å². The number of benzene rings is 2. The van der Waals surface area contributed by atoms with Gasteiger partial charge < -0.3 is 9.80 Å². The van der Waals surface area contributed by atoms with Crippen molar-refractivity contribution in [2.45, 2.75) is 25.3 Å². The second-order valence-corrected chi connectivity index (χ2v) is 11.1. The Morgan fingerprint density at radius 3 is 2.49 bits per heavy atom. The summed E-state index contributed by atoms with van der Waals surface area (Å²) in [6.07, 6.45) is 4.89. The van der Waals surface area contributed by atoms with E-state index in [1.54, 1.807) is 21.9 Å². The van der Waals surface area contributed by atoms with Gasteiger partial charge in [-0.3, -0.25) is 34.3 Å². The summed E-state index contributed by atoms with van der Waals surface area (Å²) < 4.78 is 0.921. The van der Waals surface area contributed by atoms with E-state index in [2.05, 4.69) is 26.1 Å². The van der Waals surface area contributed by atoms with Crippen LogP contribution in [0.15, 0.2) is 59.2 Å². The standard InChI is InChI=1S/C28H26BrN5O5/c29-18-3-1-4-20(13-18)33-11-2-10-31(28(33)39)12-9-17-15-32(16-17)19-5-6-21-22(14-19)27(38)34(26(21)37)23-7-8-24(35)30-25(23)36/h1-6,10,13-14,17,23H,7-9,11-12,15-16H2,(H,30,35,36). The van der Waals surface area contributed by atoms with Crippen molar-refractivity contribution in [3.63, 3.8) is 0 Å². The molecule has 0 aliphatic carbocycles. The van der Waals surface area contributed by atoms with Crippen LogP contribution in [0.1, 0.15) is 40.0 Å². The third kappa shape index (κ3) is 4.60. The minimum Gasteiger partial charge on any atom is -0.371 e. The lowest BCUT2D eigenvalue weighted by Crippen LogP contribution is -2.54. The minimum absolute atomic E-state index is 0.0471. The monoisotopic (exact) mass is 591 g/mol. The molecular weight excluding hydrogens is 566 g/mol. The van der Waals surface area contributed by atoms with Gasteiger partial charge in [0.05, 0.1) is 11.1 Å². The van der Waals surface area contributed by atoms with Crippen LogP contribution in [-0.4, -0.2) is 71.7 Å². The maximum absolute atomic E-state index is 13.1. The number of hydrogen-bond acceptors (Lipinski definition) is 6. The number of amides is 6. The van der Waals surface area contributed by atoms with E-state index in [1.165, 1.54) is 0 Å². The molecule has 4 aliphatic rings. The Morgan fingerprint density at radius 1 is 0.923 bits per heavy atom. The number of piperidine rings is 1. The molecule has 1 atom stereocenters. The molecule has 0 saturated carbocycles. The van der Waals surface area contributed by atoms with Crippen LogP contribution in [0.5, 0.6) is 0 Å². The molecule has 4 heterocycles. The zero-order valence-corrected chi connectivity index (χ0v) is 22.6. The summed E-state index contributed by atoms with van der Waals surface area (Å²) in [6.45, 7) is 2.69. The van der Waals surface area contributed by atoms with Gasteiger partial charge >= 0.3 is 6.03 Å². The van der Waals surface area contributed by atoms with Gasteiger partial charge in [0, 0.05) is 54.6 Å². The molecule has 6 amide bonds. The van der Waals surface area contributed by atoms with Gasteiger partial charge in [0.2, 0.25) is 11.8 Å². The first-order valence-electron chi connectivity index (χ1n) is 12.9. The molecule has 2 aromatic carbocycles. The highest BCUT2D eigenvalue weighted by Gasteiger charge is 2.45. The summed E-state index contributed by atoms with van der Waals surface area (Å²) in [5.41, 5.74) is 2.24.